The SMILES string of the molecule is CC1(C)CCNC(=O)C(CC2CC2)NC(=O)CNC(=C2CC2)CNCCOc2ccccc21.CCC.Cc1cccc(O)c1. The number of aryl methyl sites for hydroxylation is 1. The topological polar surface area (TPSA) is 112 Å². The number of fused-ring (bicyclic) bond motifs is 1. The minimum Gasteiger partial charge on any atom is -0.508 e. The Bertz CT molecular complexity index is 1210. The van der Waals surface area contributed by atoms with Crippen molar-refractivity contribution in [2.24, 2.45) is 5.92 Å². The molecule has 1 heterocycles. The monoisotopic (exact) mass is 606 g/mol. The maximum atomic E-state index is 13.0. The second-order valence-electron chi connectivity index (χ2n) is 12.7. The van der Waals surface area contributed by atoms with Crippen molar-refractivity contribution in [3.63, 3.8) is 0 Å². The Hall–Kier alpha value is -3.52. The molecule has 3 aliphatic rings. The Labute approximate surface area is 264 Å². The zero-order valence-electron chi connectivity index (χ0n) is 27.4. The van der Waals surface area contributed by atoms with Crippen LogP contribution < -0.4 is 26.0 Å². The van der Waals surface area contributed by atoms with Crippen LogP contribution in [0.15, 0.2) is 59.8 Å². The van der Waals surface area contributed by atoms with Crippen LogP contribution in [0.5, 0.6) is 11.5 Å². The van der Waals surface area contributed by atoms with E-state index < -0.39 is 6.04 Å². The average Bonchev–Trinajstić information content (AvgIpc) is 3.90. The number of phenols is 1. The number of para-hydroxylation sites is 1. The van der Waals surface area contributed by atoms with Gasteiger partial charge in [-0.05, 0) is 78.8 Å². The molecule has 5 rings (SSSR count). The lowest BCUT2D eigenvalue weighted by atomic mass is 9.81. The summed E-state index contributed by atoms with van der Waals surface area (Å²) >= 11 is 0. The molecule has 0 spiro atoms. The highest BCUT2D eigenvalue weighted by molar-refractivity contribution is 5.88. The third-order valence-electron chi connectivity index (χ3n) is 7.81. The number of benzene rings is 2. The van der Waals surface area contributed by atoms with E-state index in [4.69, 9.17) is 9.84 Å². The number of carbonyl (C=O) groups excluding carboxylic acids is 2. The molecule has 8 heteroatoms. The standard InChI is InChI=1S/C26H38N4O3.C7H8O.C3H8/c1-26(2)11-12-28-25(32)21(15-18-7-8-18)30-24(31)17-29-22(19-9-10-19)16-27-13-14-33-23-6-4-3-5-20(23)26;1-6-3-2-4-7(8)5-6;1-3-2/h3-6,18,21,27,29H,7-17H2,1-2H3,(H,28,32)(H,30,31);2-5,8H,1H3;3H2,1-2H3. The van der Waals surface area contributed by atoms with Gasteiger partial charge in [0.2, 0.25) is 11.8 Å². The average molecular weight is 607 g/mol. The van der Waals surface area contributed by atoms with Gasteiger partial charge in [0.05, 0.1) is 6.54 Å². The first-order valence-electron chi connectivity index (χ1n) is 16.3. The van der Waals surface area contributed by atoms with Gasteiger partial charge in [-0.2, -0.15) is 0 Å². The highest BCUT2D eigenvalue weighted by Gasteiger charge is 2.31. The molecule has 0 radical (unpaired) electrons. The van der Waals surface area contributed by atoms with E-state index in [2.05, 4.69) is 55.0 Å². The molecule has 0 aromatic heterocycles. The Balaban J connectivity index is 0.000000408. The summed E-state index contributed by atoms with van der Waals surface area (Å²) in [5.41, 5.74) is 4.53. The lowest BCUT2D eigenvalue weighted by Crippen LogP contribution is -2.50. The third-order valence-corrected chi connectivity index (χ3v) is 7.81. The molecule has 2 aromatic carbocycles. The van der Waals surface area contributed by atoms with E-state index >= 15 is 0 Å². The number of amides is 2. The zero-order chi connectivity index (χ0) is 32.0. The van der Waals surface area contributed by atoms with Gasteiger partial charge in [0.1, 0.15) is 24.1 Å². The third kappa shape index (κ3) is 12.6. The fraction of sp³-hybridized carbons (Fsp3) is 0.556. The van der Waals surface area contributed by atoms with Crippen LogP contribution >= 0.6 is 0 Å². The molecule has 0 saturated heterocycles. The van der Waals surface area contributed by atoms with Crippen molar-refractivity contribution < 1.29 is 19.4 Å². The normalized spacial score (nSPS) is 20.7. The molecular formula is C36H54N4O4. The lowest BCUT2D eigenvalue weighted by Gasteiger charge is -2.28. The number of phenolic OH excluding ortho intramolecular Hbond substituents is 1. The van der Waals surface area contributed by atoms with Crippen molar-refractivity contribution >= 4 is 11.8 Å². The number of aromatic hydroxyl groups is 1. The summed E-state index contributed by atoms with van der Waals surface area (Å²) in [6, 6.07) is 14.8. The number of hydrogen-bond donors (Lipinski definition) is 5. The summed E-state index contributed by atoms with van der Waals surface area (Å²) in [6.07, 6.45) is 7.19. The molecule has 8 nitrogen and oxygen atoms in total. The van der Waals surface area contributed by atoms with Crippen molar-refractivity contribution in [3.05, 3.63) is 70.9 Å². The van der Waals surface area contributed by atoms with Crippen molar-refractivity contribution in [3.8, 4) is 11.5 Å². The number of hydrogen-bond acceptors (Lipinski definition) is 6. The molecule has 2 fully saturated rings. The van der Waals surface area contributed by atoms with Gasteiger partial charge in [0.15, 0.2) is 0 Å². The van der Waals surface area contributed by atoms with Gasteiger partial charge in [-0.3, -0.25) is 9.59 Å². The largest absolute Gasteiger partial charge is 0.508 e. The molecule has 1 unspecified atom stereocenters. The summed E-state index contributed by atoms with van der Waals surface area (Å²) in [6.45, 7) is 13.3. The predicted octanol–water partition coefficient (Wildman–Crippen LogP) is 5.49. The van der Waals surface area contributed by atoms with Crippen LogP contribution in [-0.4, -0.2) is 55.7 Å². The summed E-state index contributed by atoms with van der Waals surface area (Å²) in [4.78, 5) is 25.6. The first-order valence-corrected chi connectivity index (χ1v) is 16.3. The number of carbonyl (C=O) groups is 2. The smallest absolute Gasteiger partial charge is 0.242 e. The summed E-state index contributed by atoms with van der Waals surface area (Å²) in [5.74, 6) is 1.56. The van der Waals surface area contributed by atoms with Gasteiger partial charge < -0.3 is 31.1 Å². The molecule has 2 aliphatic carbocycles. The summed E-state index contributed by atoms with van der Waals surface area (Å²) in [5, 5.41) is 21.6. The van der Waals surface area contributed by atoms with Crippen molar-refractivity contribution in [2.45, 2.75) is 91.0 Å². The van der Waals surface area contributed by atoms with Crippen LogP contribution in [0.25, 0.3) is 0 Å². The molecule has 0 bridgehead atoms. The molecule has 5 N–H and O–H groups in total. The van der Waals surface area contributed by atoms with Crippen LogP contribution in [0.2, 0.25) is 0 Å². The van der Waals surface area contributed by atoms with E-state index in [-0.39, 0.29) is 23.8 Å². The first-order chi connectivity index (χ1) is 21.1. The van der Waals surface area contributed by atoms with Crippen LogP contribution in [-0.2, 0) is 15.0 Å². The van der Waals surface area contributed by atoms with Gasteiger partial charge >= 0.3 is 0 Å². The van der Waals surface area contributed by atoms with E-state index in [9.17, 15) is 9.59 Å². The van der Waals surface area contributed by atoms with Crippen molar-refractivity contribution in [1.82, 2.24) is 21.3 Å². The van der Waals surface area contributed by atoms with Gasteiger partial charge in [-0.1, -0.05) is 77.3 Å². The Morgan fingerprint density at radius 3 is 2.32 bits per heavy atom. The minimum absolute atomic E-state index is 0.0841. The highest BCUT2D eigenvalue weighted by atomic mass is 16.5. The molecule has 2 saturated carbocycles. The van der Waals surface area contributed by atoms with E-state index in [0.29, 0.717) is 37.8 Å². The van der Waals surface area contributed by atoms with Crippen LogP contribution in [0, 0.1) is 12.8 Å². The molecule has 1 atom stereocenters. The first kappa shape index (κ1) is 35.0. The minimum atomic E-state index is -0.473. The number of nitrogens with one attached hydrogen (secondary N) is 4. The highest BCUT2D eigenvalue weighted by Crippen LogP contribution is 2.35. The second-order valence-corrected chi connectivity index (χ2v) is 12.7. The molecule has 242 valence electrons. The Kier molecular flexibility index (Phi) is 14.1. The maximum Gasteiger partial charge on any atom is 0.242 e. The van der Waals surface area contributed by atoms with Crippen molar-refractivity contribution in [2.75, 3.05) is 32.8 Å². The van der Waals surface area contributed by atoms with Crippen LogP contribution in [0.3, 0.4) is 0 Å². The maximum absolute atomic E-state index is 13.0. The van der Waals surface area contributed by atoms with Gasteiger partial charge in [0, 0.05) is 25.3 Å². The Morgan fingerprint density at radius 1 is 0.955 bits per heavy atom. The number of allylic oxidation sites excluding steroid dienone is 1. The molecule has 2 amide bonds. The lowest BCUT2D eigenvalue weighted by molar-refractivity contribution is -0.128. The van der Waals surface area contributed by atoms with E-state index in [0.717, 1.165) is 61.2 Å². The molecule has 2 aromatic rings. The molecule has 44 heavy (non-hydrogen) atoms. The van der Waals surface area contributed by atoms with E-state index in [1.54, 1.807) is 12.1 Å². The van der Waals surface area contributed by atoms with E-state index in [1.165, 1.54) is 12.0 Å². The Morgan fingerprint density at radius 2 is 1.68 bits per heavy atom. The summed E-state index contributed by atoms with van der Waals surface area (Å²) < 4.78 is 6.14. The number of ether oxygens (including phenoxy) is 1. The van der Waals surface area contributed by atoms with Gasteiger partial charge in [-0.25, -0.2) is 0 Å². The van der Waals surface area contributed by atoms with E-state index in [1.807, 2.05) is 37.3 Å². The molecular weight excluding hydrogens is 552 g/mol. The van der Waals surface area contributed by atoms with Gasteiger partial charge in [0.25, 0.3) is 0 Å². The zero-order valence-corrected chi connectivity index (χ0v) is 27.4. The van der Waals surface area contributed by atoms with Crippen LogP contribution in [0.4, 0.5) is 0 Å². The predicted molar refractivity (Wildman–Crippen MR) is 178 cm³/mol. The number of rotatable bonds is 2. The van der Waals surface area contributed by atoms with Crippen molar-refractivity contribution in [1.29, 1.82) is 0 Å². The van der Waals surface area contributed by atoms with Crippen LogP contribution in [0.1, 0.15) is 83.8 Å². The second kappa shape index (κ2) is 17.7. The fourth-order valence-electron chi connectivity index (χ4n) is 5.01. The summed E-state index contributed by atoms with van der Waals surface area (Å²) in [7, 11) is 0. The molecule has 1 aliphatic heterocycles. The fourth-order valence-corrected chi connectivity index (χ4v) is 5.01. The quantitative estimate of drug-likeness (QED) is 0.309. The van der Waals surface area contributed by atoms with Gasteiger partial charge in [-0.15, -0.1) is 0 Å².